The lowest BCUT2D eigenvalue weighted by atomic mass is 9.74. The molecule has 1 aromatic carbocycles. The van der Waals surface area contributed by atoms with Crippen molar-refractivity contribution in [3.05, 3.63) is 33.8 Å². The highest BCUT2D eigenvalue weighted by atomic mass is 35.5. The van der Waals surface area contributed by atoms with Gasteiger partial charge in [-0.3, -0.25) is 4.79 Å². The molecule has 20 heavy (non-hydrogen) atoms. The molecule has 1 aliphatic heterocycles. The molecule has 1 aromatic rings. The van der Waals surface area contributed by atoms with Gasteiger partial charge in [-0.25, -0.2) is 4.79 Å². The van der Waals surface area contributed by atoms with Gasteiger partial charge in [-0.2, -0.15) is 0 Å². The van der Waals surface area contributed by atoms with Gasteiger partial charge in [0.15, 0.2) is 0 Å². The molecule has 1 aliphatic carbocycles. The van der Waals surface area contributed by atoms with Crippen LogP contribution in [-0.2, 0) is 10.2 Å². The van der Waals surface area contributed by atoms with Crippen LogP contribution in [0.4, 0.5) is 4.79 Å². The van der Waals surface area contributed by atoms with Crippen molar-refractivity contribution in [3.8, 4) is 0 Å². The number of rotatable bonds is 1. The lowest BCUT2D eigenvalue weighted by Gasteiger charge is -2.28. The van der Waals surface area contributed by atoms with Crippen LogP contribution in [0.5, 0.6) is 0 Å². The number of Topliss-reactive ketones (excluding diaryl/α,β-unsaturated/α-hetero) is 1. The van der Waals surface area contributed by atoms with Crippen molar-refractivity contribution in [2.24, 2.45) is 5.92 Å². The van der Waals surface area contributed by atoms with Crippen LogP contribution in [0, 0.1) is 5.92 Å². The molecule has 2 fully saturated rings. The van der Waals surface area contributed by atoms with E-state index in [0.29, 0.717) is 36.0 Å². The molecule has 3 rings (SSSR count). The highest BCUT2D eigenvalue weighted by Crippen LogP contribution is 2.49. The van der Waals surface area contributed by atoms with Gasteiger partial charge in [-0.15, -0.1) is 0 Å². The minimum atomic E-state index is -0.939. The van der Waals surface area contributed by atoms with Crippen LogP contribution in [0.3, 0.4) is 0 Å². The van der Waals surface area contributed by atoms with Gasteiger partial charge in [0.05, 0.1) is 10.0 Å². The molecule has 106 valence electrons. The van der Waals surface area contributed by atoms with Crippen molar-refractivity contribution in [2.75, 3.05) is 13.1 Å². The van der Waals surface area contributed by atoms with Crippen LogP contribution in [0.25, 0.3) is 0 Å². The largest absolute Gasteiger partial charge is 0.465 e. The molecule has 1 heterocycles. The summed E-state index contributed by atoms with van der Waals surface area (Å²) in [5, 5.41) is 10.1. The lowest BCUT2D eigenvalue weighted by Crippen LogP contribution is -2.34. The Balaban J connectivity index is 2.04. The zero-order valence-corrected chi connectivity index (χ0v) is 12.1. The maximum Gasteiger partial charge on any atom is 0.407 e. The van der Waals surface area contributed by atoms with Crippen molar-refractivity contribution in [1.29, 1.82) is 0 Å². The first-order valence-corrected chi connectivity index (χ1v) is 7.13. The summed E-state index contributed by atoms with van der Waals surface area (Å²) in [5.41, 5.74) is 0.468. The monoisotopic (exact) mass is 313 g/mol. The minimum Gasteiger partial charge on any atom is -0.465 e. The van der Waals surface area contributed by atoms with E-state index < -0.39 is 11.5 Å². The van der Waals surface area contributed by atoms with Crippen molar-refractivity contribution in [3.63, 3.8) is 0 Å². The van der Waals surface area contributed by atoms with E-state index in [-0.39, 0.29) is 11.7 Å². The number of carboxylic acid groups (broad SMARTS) is 1. The number of amides is 1. The summed E-state index contributed by atoms with van der Waals surface area (Å²) in [5.74, 6) is 0.217. The Morgan fingerprint density at radius 1 is 1.35 bits per heavy atom. The zero-order valence-electron chi connectivity index (χ0n) is 10.6. The lowest BCUT2D eigenvalue weighted by molar-refractivity contribution is -0.118. The van der Waals surface area contributed by atoms with E-state index in [1.54, 1.807) is 12.1 Å². The molecule has 0 radical (unpaired) electrons. The fourth-order valence-corrected chi connectivity index (χ4v) is 3.81. The molecule has 2 aliphatic rings. The van der Waals surface area contributed by atoms with Crippen molar-refractivity contribution < 1.29 is 14.7 Å². The molecule has 1 saturated carbocycles. The van der Waals surface area contributed by atoms with E-state index in [1.165, 1.54) is 4.90 Å². The van der Waals surface area contributed by atoms with Crippen LogP contribution in [-0.4, -0.2) is 35.0 Å². The van der Waals surface area contributed by atoms with Crippen LogP contribution in [0.1, 0.15) is 18.4 Å². The van der Waals surface area contributed by atoms with E-state index >= 15 is 0 Å². The summed E-state index contributed by atoms with van der Waals surface area (Å²) in [6.07, 6.45) is -0.130. The Hall–Kier alpha value is -1.26. The molecule has 1 N–H and O–H groups in total. The summed E-state index contributed by atoms with van der Waals surface area (Å²) in [6.45, 7) is 0.748. The summed E-state index contributed by atoms with van der Waals surface area (Å²) in [6, 6.07) is 5.32. The molecule has 0 spiro atoms. The molecule has 0 unspecified atom stereocenters. The first kappa shape index (κ1) is 13.7. The Morgan fingerprint density at radius 2 is 2.10 bits per heavy atom. The van der Waals surface area contributed by atoms with Crippen molar-refractivity contribution >= 4 is 35.1 Å². The average Bonchev–Trinajstić information content (AvgIpc) is 2.86. The normalized spacial score (nSPS) is 28.8. The van der Waals surface area contributed by atoms with Gasteiger partial charge in [0.2, 0.25) is 0 Å². The number of likely N-dealkylation sites (tertiary alicyclic amines) is 1. The third kappa shape index (κ3) is 1.98. The van der Waals surface area contributed by atoms with Gasteiger partial charge in [0, 0.05) is 31.3 Å². The van der Waals surface area contributed by atoms with E-state index in [2.05, 4.69) is 0 Å². The number of carbonyl (C=O) groups is 2. The Labute approximate surface area is 126 Å². The van der Waals surface area contributed by atoms with E-state index in [1.807, 2.05) is 6.07 Å². The number of halogens is 2. The van der Waals surface area contributed by atoms with E-state index in [4.69, 9.17) is 23.2 Å². The third-order valence-corrected chi connectivity index (χ3v) is 5.19. The second kappa shape index (κ2) is 4.64. The summed E-state index contributed by atoms with van der Waals surface area (Å²) in [4.78, 5) is 24.4. The highest BCUT2D eigenvalue weighted by molar-refractivity contribution is 6.42. The fourth-order valence-electron chi connectivity index (χ4n) is 3.51. The summed E-state index contributed by atoms with van der Waals surface area (Å²) < 4.78 is 0. The first-order valence-electron chi connectivity index (χ1n) is 6.37. The van der Waals surface area contributed by atoms with Crippen LogP contribution in [0.15, 0.2) is 18.2 Å². The molecule has 2 atom stereocenters. The Bertz CT molecular complexity index is 604. The summed E-state index contributed by atoms with van der Waals surface area (Å²) in [7, 11) is 0. The molecule has 4 nitrogen and oxygen atoms in total. The quantitative estimate of drug-likeness (QED) is 0.866. The summed E-state index contributed by atoms with van der Waals surface area (Å²) >= 11 is 12.0. The number of ketones is 1. The topological polar surface area (TPSA) is 57.6 Å². The second-order valence-electron chi connectivity index (χ2n) is 5.56. The molecule has 1 amide bonds. The Kier molecular flexibility index (Phi) is 3.18. The van der Waals surface area contributed by atoms with Gasteiger partial charge in [-0.1, -0.05) is 29.3 Å². The number of benzene rings is 1. The number of nitrogens with zero attached hydrogens (tertiary/aromatic N) is 1. The standard InChI is InChI=1S/C14H13Cl2NO3/c15-11-2-1-8(4-12(11)16)14-5-10(18)3-9(14)6-17(7-14)13(19)20/h1-2,4,9H,3,5-7H2,(H,19,20)/t9-,14+/m1/s1. The molecule has 0 aromatic heterocycles. The maximum atomic E-state index is 11.8. The zero-order chi connectivity index (χ0) is 14.5. The predicted molar refractivity (Wildman–Crippen MR) is 75.5 cm³/mol. The molecule has 6 heteroatoms. The van der Waals surface area contributed by atoms with Gasteiger partial charge in [-0.05, 0) is 23.6 Å². The van der Waals surface area contributed by atoms with Crippen molar-refractivity contribution in [1.82, 2.24) is 4.90 Å². The van der Waals surface area contributed by atoms with Crippen molar-refractivity contribution in [2.45, 2.75) is 18.3 Å². The number of hydrogen-bond acceptors (Lipinski definition) is 2. The van der Waals surface area contributed by atoms with Gasteiger partial charge < -0.3 is 10.0 Å². The highest BCUT2D eigenvalue weighted by Gasteiger charge is 2.54. The smallest absolute Gasteiger partial charge is 0.407 e. The van der Waals surface area contributed by atoms with Crippen LogP contribution in [0.2, 0.25) is 10.0 Å². The molecular weight excluding hydrogens is 301 g/mol. The van der Waals surface area contributed by atoms with E-state index in [9.17, 15) is 14.7 Å². The Morgan fingerprint density at radius 3 is 2.75 bits per heavy atom. The fraction of sp³-hybridized carbons (Fsp3) is 0.429. The van der Waals surface area contributed by atoms with Gasteiger partial charge >= 0.3 is 6.09 Å². The SMILES string of the molecule is O=C1C[C@@H]2CN(C(=O)O)C[C@]2(c2ccc(Cl)c(Cl)c2)C1. The average molecular weight is 314 g/mol. The first-order chi connectivity index (χ1) is 9.42. The number of carbonyl (C=O) groups excluding carboxylic acids is 1. The van der Waals surface area contributed by atoms with Gasteiger partial charge in [0.1, 0.15) is 5.78 Å². The van der Waals surface area contributed by atoms with Crippen LogP contribution >= 0.6 is 23.2 Å². The predicted octanol–water partition coefficient (Wildman–Crippen LogP) is 3.20. The van der Waals surface area contributed by atoms with Crippen LogP contribution < -0.4 is 0 Å². The number of fused-ring (bicyclic) bond motifs is 1. The second-order valence-corrected chi connectivity index (χ2v) is 6.38. The van der Waals surface area contributed by atoms with Gasteiger partial charge in [0.25, 0.3) is 0 Å². The molecule has 0 bridgehead atoms. The third-order valence-electron chi connectivity index (χ3n) is 4.45. The maximum absolute atomic E-state index is 11.8. The minimum absolute atomic E-state index is 0.0309. The molecular formula is C14H13Cl2NO3. The molecule has 1 saturated heterocycles. The number of hydrogen-bond donors (Lipinski definition) is 1. The van der Waals surface area contributed by atoms with E-state index in [0.717, 1.165) is 5.56 Å².